The molecule has 0 spiro atoms. The lowest BCUT2D eigenvalue weighted by Gasteiger charge is -2.08. The van der Waals surface area contributed by atoms with E-state index in [0.29, 0.717) is 5.88 Å². The van der Waals surface area contributed by atoms with E-state index in [9.17, 15) is 4.79 Å². The predicted octanol–water partition coefficient (Wildman–Crippen LogP) is 2.68. The molecule has 0 bridgehead atoms. The summed E-state index contributed by atoms with van der Waals surface area (Å²) in [7, 11) is 2.92. The van der Waals surface area contributed by atoms with E-state index >= 15 is 0 Å². The lowest BCUT2D eigenvalue weighted by atomic mass is 10.1. The summed E-state index contributed by atoms with van der Waals surface area (Å²) in [5.74, 6) is 0.310. The third kappa shape index (κ3) is 3.14. The fourth-order valence-electron chi connectivity index (χ4n) is 1.69. The monoisotopic (exact) mass is 336 g/mol. The number of methoxy groups -OCH3 is 2. The Kier molecular flexibility index (Phi) is 4.68. The minimum Gasteiger partial charge on any atom is -0.480 e. The molecule has 1 heterocycles. The number of nitrogens with zero attached hydrogens (tertiary/aromatic N) is 2. The summed E-state index contributed by atoms with van der Waals surface area (Å²) < 4.78 is 10.9. The van der Waals surface area contributed by atoms with Crippen LogP contribution < -0.4 is 9.47 Å². The predicted molar refractivity (Wildman–Crippen MR) is 77.3 cm³/mol. The summed E-state index contributed by atoms with van der Waals surface area (Å²) in [5, 5.41) is 0. The molecule has 2 aromatic rings. The van der Waals surface area contributed by atoms with E-state index in [4.69, 9.17) is 9.47 Å². The van der Waals surface area contributed by atoms with Gasteiger partial charge in [-0.25, -0.2) is 4.98 Å². The first-order chi connectivity index (χ1) is 9.65. The molecule has 1 aromatic heterocycles. The van der Waals surface area contributed by atoms with Crippen LogP contribution in [-0.2, 0) is 6.42 Å². The van der Waals surface area contributed by atoms with Crippen LogP contribution in [0.1, 0.15) is 16.1 Å². The zero-order valence-corrected chi connectivity index (χ0v) is 12.7. The molecule has 0 amide bonds. The fraction of sp³-hybridized carbons (Fsp3) is 0.214. The van der Waals surface area contributed by atoms with Crippen molar-refractivity contribution in [1.82, 2.24) is 9.97 Å². The Bertz CT molecular complexity index is 632. The third-order valence-electron chi connectivity index (χ3n) is 2.69. The normalized spacial score (nSPS) is 10.2. The topological polar surface area (TPSA) is 61.3 Å². The van der Waals surface area contributed by atoms with Crippen molar-refractivity contribution in [3.63, 3.8) is 0 Å². The number of benzene rings is 1. The van der Waals surface area contributed by atoms with Gasteiger partial charge in [0.25, 0.3) is 0 Å². The van der Waals surface area contributed by atoms with Crippen LogP contribution in [0.2, 0.25) is 0 Å². The molecule has 6 heteroatoms. The lowest BCUT2D eigenvalue weighted by Crippen LogP contribution is -2.10. The molecule has 1 aromatic carbocycles. The van der Waals surface area contributed by atoms with Crippen molar-refractivity contribution in [1.29, 1.82) is 0 Å². The van der Waals surface area contributed by atoms with Gasteiger partial charge in [-0.2, -0.15) is 4.98 Å². The number of ketones is 1. The van der Waals surface area contributed by atoms with Crippen LogP contribution in [0.3, 0.4) is 0 Å². The van der Waals surface area contributed by atoms with Crippen molar-refractivity contribution in [3.05, 3.63) is 46.2 Å². The van der Waals surface area contributed by atoms with Crippen molar-refractivity contribution >= 4 is 21.7 Å². The van der Waals surface area contributed by atoms with Gasteiger partial charge in [0.15, 0.2) is 11.5 Å². The number of rotatable bonds is 5. The first-order valence-corrected chi connectivity index (χ1v) is 6.66. The molecule has 2 rings (SSSR count). The molecular formula is C14H13BrN2O3. The number of hydrogen-bond donors (Lipinski definition) is 0. The van der Waals surface area contributed by atoms with Gasteiger partial charge in [0.2, 0.25) is 11.8 Å². The molecule has 0 fully saturated rings. The highest BCUT2D eigenvalue weighted by Gasteiger charge is 2.18. The SMILES string of the molecule is COc1cnc(C(=O)Cc2ccccc2Br)c(OC)n1. The van der Waals surface area contributed by atoms with Crippen LogP contribution in [0.5, 0.6) is 11.8 Å². The second kappa shape index (κ2) is 6.47. The zero-order valence-electron chi connectivity index (χ0n) is 11.1. The molecule has 20 heavy (non-hydrogen) atoms. The Morgan fingerprint density at radius 3 is 2.65 bits per heavy atom. The average molecular weight is 337 g/mol. The number of carbonyl (C=O) groups is 1. The van der Waals surface area contributed by atoms with Gasteiger partial charge >= 0.3 is 0 Å². The molecule has 0 saturated heterocycles. The first-order valence-electron chi connectivity index (χ1n) is 5.87. The number of hydrogen-bond acceptors (Lipinski definition) is 5. The molecule has 104 valence electrons. The minimum atomic E-state index is -0.163. The van der Waals surface area contributed by atoms with Gasteiger partial charge in [-0.3, -0.25) is 4.79 Å². The molecule has 0 radical (unpaired) electrons. The number of Topliss-reactive ketones (excluding diaryl/α,β-unsaturated/α-hetero) is 1. The number of ether oxygens (including phenoxy) is 2. The van der Waals surface area contributed by atoms with Crippen LogP contribution in [0.4, 0.5) is 0 Å². The van der Waals surface area contributed by atoms with Crippen molar-refractivity contribution in [2.24, 2.45) is 0 Å². The van der Waals surface area contributed by atoms with Gasteiger partial charge in [0.05, 0.1) is 20.4 Å². The molecule has 0 saturated carbocycles. The van der Waals surface area contributed by atoms with Crippen LogP contribution >= 0.6 is 15.9 Å². The average Bonchev–Trinajstić information content (AvgIpc) is 2.48. The van der Waals surface area contributed by atoms with E-state index in [0.717, 1.165) is 10.0 Å². The maximum absolute atomic E-state index is 12.3. The Morgan fingerprint density at radius 2 is 2.00 bits per heavy atom. The van der Waals surface area contributed by atoms with Crippen LogP contribution in [0, 0.1) is 0 Å². The highest BCUT2D eigenvalue weighted by molar-refractivity contribution is 9.10. The van der Waals surface area contributed by atoms with Gasteiger partial charge in [-0.05, 0) is 11.6 Å². The van der Waals surface area contributed by atoms with Crippen molar-refractivity contribution in [2.75, 3.05) is 14.2 Å². The van der Waals surface area contributed by atoms with Gasteiger partial charge in [-0.15, -0.1) is 0 Å². The van der Waals surface area contributed by atoms with Crippen LogP contribution in [-0.4, -0.2) is 30.0 Å². The molecule has 0 aliphatic heterocycles. The van der Waals surface area contributed by atoms with Crippen LogP contribution in [0.15, 0.2) is 34.9 Å². The van der Waals surface area contributed by atoms with E-state index in [1.54, 1.807) is 0 Å². The molecule has 0 unspecified atom stereocenters. The van der Waals surface area contributed by atoms with E-state index in [1.165, 1.54) is 20.4 Å². The summed E-state index contributed by atoms with van der Waals surface area (Å²) in [6, 6.07) is 7.54. The Labute approximate surface area is 125 Å². The second-order valence-electron chi connectivity index (χ2n) is 3.96. The maximum Gasteiger partial charge on any atom is 0.246 e. The largest absolute Gasteiger partial charge is 0.480 e. The standard InChI is InChI=1S/C14H13BrN2O3/c1-19-12-8-16-13(14(17-12)20-2)11(18)7-9-5-3-4-6-10(9)15/h3-6,8H,7H2,1-2H3. The highest BCUT2D eigenvalue weighted by Crippen LogP contribution is 2.21. The van der Waals surface area contributed by atoms with Gasteiger partial charge in [0, 0.05) is 10.9 Å². The maximum atomic E-state index is 12.3. The quantitative estimate of drug-likeness (QED) is 0.785. The Balaban J connectivity index is 2.27. The van der Waals surface area contributed by atoms with E-state index in [-0.39, 0.29) is 23.8 Å². The first kappa shape index (κ1) is 14.5. The number of carbonyl (C=O) groups excluding carboxylic acids is 1. The van der Waals surface area contributed by atoms with Crippen molar-refractivity contribution in [2.45, 2.75) is 6.42 Å². The molecule has 0 aliphatic rings. The minimum absolute atomic E-state index is 0.163. The number of aromatic nitrogens is 2. The molecule has 0 atom stereocenters. The van der Waals surface area contributed by atoms with E-state index in [1.807, 2.05) is 24.3 Å². The molecule has 0 N–H and O–H groups in total. The van der Waals surface area contributed by atoms with E-state index < -0.39 is 0 Å². The van der Waals surface area contributed by atoms with E-state index in [2.05, 4.69) is 25.9 Å². The lowest BCUT2D eigenvalue weighted by molar-refractivity contribution is 0.0983. The second-order valence-corrected chi connectivity index (χ2v) is 4.82. The van der Waals surface area contributed by atoms with Gasteiger partial charge in [-0.1, -0.05) is 34.1 Å². The van der Waals surface area contributed by atoms with Gasteiger partial charge < -0.3 is 9.47 Å². The smallest absolute Gasteiger partial charge is 0.246 e. The highest BCUT2D eigenvalue weighted by atomic mass is 79.9. The van der Waals surface area contributed by atoms with Gasteiger partial charge in [0.1, 0.15) is 0 Å². The summed E-state index contributed by atoms with van der Waals surface area (Å²) in [4.78, 5) is 20.4. The summed E-state index contributed by atoms with van der Waals surface area (Å²) >= 11 is 3.42. The molecular weight excluding hydrogens is 324 g/mol. The summed E-state index contributed by atoms with van der Waals surface area (Å²) in [6.45, 7) is 0. The Hall–Kier alpha value is -1.95. The molecule has 5 nitrogen and oxygen atoms in total. The van der Waals surface area contributed by atoms with Crippen molar-refractivity contribution < 1.29 is 14.3 Å². The summed E-state index contributed by atoms with van der Waals surface area (Å²) in [6.07, 6.45) is 1.62. The summed E-state index contributed by atoms with van der Waals surface area (Å²) in [5.41, 5.74) is 1.08. The number of halogens is 1. The fourth-order valence-corrected chi connectivity index (χ4v) is 2.11. The third-order valence-corrected chi connectivity index (χ3v) is 3.47. The molecule has 0 aliphatic carbocycles. The zero-order chi connectivity index (χ0) is 14.5. The Morgan fingerprint density at radius 1 is 1.25 bits per heavy atom. The van der Waals surface area contributed by atoms with Crippen molar-refractivity contribution in [3.8, 4) is 11.8 Å². The van der Waals surface area contributed by atoms with Crippen LogP contribution in [0.25, 0.3) is 0 Å².